The molecule has 2 aromatic heterocycles. The number of aromatic nitrogens is 2. The maximum atomic E-state index is 12.4. The molecule has 4 nitrogen and oxygen atoms in total. The fraction of sp³-hybridized carbons (Fsp3) is 0.250. The van der Waals surface area contributed by atoms with Crippen LogP contribution in [0.4, 0.5) is 0 Å². The lowest BCUT2D eigenvalue weighted by Crippen LogP contribution is -2.33. The van der Waals surface area contributed by atoms with E-state index < -0.39 is 0 Å². The average Bonchev–Trinajstić information content (AvgIpc) is 3.33. The highest BCUT2D eigenvalue weighted by Crippen LogP contribution is 2.25. The van der Waals surface area contributed by atoms with E-state index in [0.29, 0.717) is 17.9 Å². The van der Waals surface area contributed by atoms with Crippen molar-refractivity contribution in [1.29, 1.82) is 0 Å². The second-order valence-corrected chi connectivity index (χ2v) is 8.78. The van der Waals surface area contributed by atoms with Crippen LogP contribution in [0.25, 0.3) is 16.2 Å². The van der Waals surface area contributed by atoms with Gasteiger partial charge in [-0.15, -0.1) is 11.3 Å². The van der Waals surface area contributed by atoms with Gasteiger partial charge in [0.05, 0.1) is 5.69 Å². The molecule has 1 unspecified atom stereocenters. The Hall–Kier alpha value is -2.63. The predicted molar refractivity (Wildman–Crippen MR) is 124 cm³/mol. The van der Waals surface area contributed by atoms with Crippen LogP contribution >= 0.6 is 22.9 Å². The zero-order chi connectivity index (χ0) is 20.9. The highest BCUT2D eigenvalue weighted by atomic mass is 35.5. The van der Waals surface area contributed by atoms with Gasteiger partial charge in [-0.05, 0) is 43.9 Å². The van der Waals surface area contributed by atoms with Crippen molar-refractivity contribution < 1.29 is 4.79 Å². The number of rotatable bonds is 8. The first-order valence-corrected chi connectivity index (χ1v) is 11.4. The Kier molecular flexibility index (Phi) is 6.50. The van der Waals surface area contributed by atoms with Gasteiger partial charge in [0.15, 0.2) is 4.96 Å². The molecule has 4 aromatic rings. The molecule has 1 amide bonds. The second-order valence-electron chi connectivity index (χ2n) is 7.51. The summed E-state index contributed by atoms with van der Waals surface area (Å²) in [6.45, 7) is 2.07. The van der Waals surface area contributed by atoms with E-state index in [1.807, 2.05) is 36.5 Å². The topological polar surface area (TPSA) is 46.4 Å². The number of thiazole rings is 1. The van der Waals surface area contributed by atoms with Crippen LogP contribution in [0.5, 0.6) is 0 Å². The lowest BCUT2D eigenvalue weighted by molar-refractivity contribution is -0.121. The number of fused-ring (bicyclic) bond motifs is 1. The molecular weight excluding hydrogens is 414 g/mol. The van der Waals surface area contributed by atoms with E-state index in [0.717, 1.165) is 34.8 Å². The molecule has 0 aliphatic heterocycles. The van der Waals surface area contributed by atoms with Gasteiger partial charge in [0, 0.05) is 40.3 Å². The molecular formula is C24H24ClN3OS. The van der Waals surface area contributed by atoms with Gasteiger partial charge in [-0.3, -0.25) is 9.20 Å². The van der Waals surface area contributed by atoms with Gasteiger partial charge in [-0.2, -0.15) is 0 Å². The molecule has 6 heteroatoms. The van der Waals surface area contributed by atoms with Crippen molar-refractivity contribution in [1.82, 2.24) is 14.7 Å². The molecule has 0 bridgehead atoms. The highest BCUT2D eigenvalue weighted by Gasteiger charge is 2.12. The van der Waals surface area contributed by atoms with Gasteiger partial charge in [-0.25, -0.2) is 4.98 Å². The SMILES string of the molecule is CC(CCc1ccccc1)NC(=O)CCc1csc2nc(-c3ccc(Cl)cc3)cn12. The number of benzene rings is 2. The predicted octanol–water partition coefficient (Wildman–Crippen LogP) is 5.79. The van der Waals surface area contributed by atoms with Crippen molar-refractivity contribution in [3.05, 3.63) is 82.5 Å². The lowest BCUT2D eigenvalue weighted by Gasteiger charge is -2.13. The number of amides is 1. The summed E-state index contributed by atoms with van der Waals surface area (Å²) in [5, 5.41) is 5.92. The third-order valence-electron chi connectivity index (χ3n) is 5.15. The third kappa shape index (κ3) is 5.10. The molecule has 1 atom stereocenters. The standard InChI is InChI=1S/C24H24ClN3OS/c1-17(7-8-18-5-3-2-4-6-18)26-23(29)14-13-21-16-30-24-27-22(15-28(21)24)19-9-11-20(25)12-10-19/h2-6,9-12,15-17H,7-8,13-14H2,1H3,(H,26,29). The number of aryl methyl sites for hydroxylation is 2. The molecule has 0 radical (unpaired) electrons. The maximum absolute atomic E-state index is 12.4. The largest absolute Gasteiger partial charge is 0.354 e. The number of carbonyl (C=O) groups is 1. The normalized spacial score (nSPS) is 12.2. The van der Waals surface area contributed by atoms with Crippen LogP contribution in [-0.2, 0) is 17.6 Å². The first-order valence-electron chi connectivity index (χ1n) is 10.1. The monoisotopic (exact) mass is 437 g/mol. The Morgan fingerprint density at radius 2 is 1.90 bits per heavy atom. The van der Waals surface area contributed by atoms with Gasteiger partial charge in [0.2, 0.25) is 5.91 Å². The van der Waals surface area contributed by atoms with Crippen LogP contribution < -0.4 is 5.32 Å². The minimum Gasteiger partial charge on any atom is -0.354 e. The van der Waals surface area contributed by atoms with Crippen molar-refractivity contribution in [2.24, 2.45) is 0 Å². The Morgan fingerprint density at radius 1 is 1.13 bits per heavy atom. The lowest BCUT2D eigenvalue weighted by atomic mass is 10.1. The summed E-state index contributed by atoms with van der Waals surface area (Å²) < 4.78 is 2.08. The maximum Gasteiger partial charge on any atom is 0.220 e. The van der Waals surface area contributed by atoms with E-state index in [1.54, 1.807) is 11.3 Å². The molecule has 0 aliphatic carbocycles. The van der Waals surface area contributed by atoms with Gasteiger partial charge < -0.3 is 5.32 Å². The fourth-order valence-electron chi connectivity index (χ4n) is 3.46. The van der Waals surface area contributed by atoms with Crippen molar-refractivity contribution >= 4 is 33.8 Å². The van der Waals surface area contributed by atoms with E-state index >= 15 is 0 Å². The Bertz CT molecular complexity index is 1120. The van der Waals surface area contributed by atoms with Crippen LogP contribution in [0.1, 0.15) is 31.0 Å². The molecule has 2 aromatic carbocycles. The summed E-state index contributed by atoms with van der Waals surface area (Å²) in [6.07, 6.45) is 5.09. The minimum atomic E-state index is 0.0907. The molecule has 2 heterocycles. The zero-order valence-electron chi connectivity index (χ0n) is 16.8. The van der Waals surface area contributed by atoms with E-state index in [4.69, 9.17) is 16.6 Å². The highest BCUT2D eigenvalue weighted by molar-refractivity contribution is 7.15. The first kappa shape index (κ1) is 20.6. The quantitative estimate of drug-likeness (QED) is 0.379. The van der Waals surface area contributed by atoms with Crippen molar-refractivity contribution in [3.63, 3.8) is 0 Å². The summed E-state index contributed by atoms with van der Waals surface area (Å²) in [5.74, 6) is 0.0907. The smallest absolute Gasteiger partial charge is 0.220 e. The van der Waals surface area contributed by atoms with Gasteiger partial charge in [0.1, 0.15) is 0 Å². The molecule has 0 aliphatic rings. The number of nitrogens with one attached hydrogen (secondary N) is 1. The Balaban J connectivity index is 1.32. The van der Waals surface area contributed by atoms with Gasteiger partial charge >= 0.3 is 0 Å². The van der Waals surface area contributed by atoms with E-state index in [9.17, 15) is 4.79 Å². The molecule has 0 spiro atoms. The molecule has 0 saturated heterocycles. The molecule has 1 N–H and O–H groups in total. The Morgan fingerprint density at radius 3 is 2.67 bits per heavy atom. The summed E-state index contributed by atoms with van der Waals surface area (Å²) in [4.78, 5) is 18.0. The fourth-order valence-corrected chi connectivity index (χ4v) is 4.49. The summed E-state index contributed by atoms with van der Waals surface area (Å²) >= 11 is 7.58. The molecule has 4 rings (SSSR count). The number of nitrogens with zero attached hydrogens (tertiary/aromatic N) is 2. The molecule has 30 heavy (non-hydrogen) atoms. The zero-order valence-corrected chi connectivity index (χ0v) is 18.4. The van der Waals surface area contributed by atoms with E-state index in [1.165, 1.54) is 5.56 Å². The van der Waals surface area contributed by atoms with Gasteiger partial charge in [-0.1, -0.05) is 54.1 Å². The summed E-state index contributed by atoms with van der Waals surface area (Å²) in [7, 11) is 0. The van der Waals surface area contributed by atoms with Crippen molar-refractivity contribution in [2.75, 3.05) is 0 Å². The third-order valence-corrected chi connectivity index (χ3v) is 6.29. The Labute approximate surface area is 185 Å². The summed E-state index contributed by atoms with van der Waals surface area (Å²) in [6, 6.07) is 18.2. The van der Waals surface area contributed by atoms with Crippen LogP contribution in [0.2, 0.25) is 5.02 Å². The number of hydrogen-bond acceptors (Lipinski definition) is 3. The van der Waals surface area contributed by atoms with Crippen molar-refractivity contribution in [3.8, 4) is 11.3 Å². The summed E-state index contributed by atoms with van der Waals surface area (Å²) in [5.41, 5.74) is 4.36. The molecule has 154 valence electrons. The van der Waals surface area contributed by atoms with E-state index in [2.05, 4.69) is 46.3 Å². The molecule has 0 fully saturated rings. The molecule has 0 saturated carbocycles. The minimum absolute atomic E-state index is 0.0907. The van der Waals surface area contributed by atoms with Crippen LogP contribution in [0.3, 0.4) is 0 Å². The number of halogens is 1. The van der Waals surface area contributed by atoms with Crippen molar-refractivity contribution in [2.45, 2.75) is 38.6 Å². The average molecular weight is 438 g/mol. The van der Waals surface area contributed by atoms with E-state index in [-0.39, 0.29) is 11.9 Å². The van der Waals surface area contributed by atoms with Gasteiger partial charge in [0.25, 0.3) is 0 Å². The van der Waals surface area contributed by atoms with Crippen LogP contribution in [-0.4, -0.2) is 21.3 Å². The second kappa shape index (κ2) is 9.45. The van der Waals surface area contributed by atoms with Crippen LogP contribution in [0.15, 0.2) is 66.2 Å². The number of carbonyl (C=O) groups excluding carboxylic acids is 1. The first-order chi connectivity index (χ1) is 14.6. The number of hydrogen-bond donors (Lipinski definition) is 1. The van der Waals surface area contributed by atoms with Crippen LogP contribution in [0, 0.1) is 0 Å². The number of imidazole rings is 1.